The van der Waals surface area contributed by atoms with E-state index in [-0.39, 0.29) is 5.91 Å². The molecule has 1 aliphatic rings. The van der Waals surface area contributed by atoms with Crippen LogP contribution in [0.5, 0.6) is 0 Å². The van der Waals surface area contributed by atoms with Gasteiger partial charge in [0.1, 0.15) is 0 Å². The molecule has 1 fully saturated rings. The molecule has 0 spiro atoms. The summed E-state index contributed by atoms with van der Waals surface area (Å²) in [6, 6.07) is 20.0. The molecule has 0 saturated carbocycles. The highest BCUT2D eigenvalue weighted by atomic mass is 16.2. The van der Waals surface area contributed by atoms with E-state index >= 15 is 0 Å². The molecule has 0 aliphatic carbocycles. The van der Waals surface area contributed by atoms with Crippen LogP contribution >= 0.6 is 0 Å². The maximum absolute atomic E-state index is 12.9. The molecule has 2 heterocycles. The van der Waals surface area contributed by atoms with Gasteiger partial charge >= 0.3 is 0 Å². The van der Waals surface area contributed by atoms with E-state index in [0.717, 1.165) is 48.2 Å². The first kappa shape index (κ1) is 21.2. The first-order chi connectivity index (χ1) is 15.7. The van der Waals surface area contributed by atoms with Gasteiger partial charge in [-0.05, 0) is 42.8 Å². The molecule has 1 aliphatic heterocycles. The Labute approximate surface area is 188 Å². The molecule has 1 amide bonds. The summed E-state index contributed by atoms with van der Waals surface area (Å²) >= 11 is 0. The van der Waals surface area contributed by atoms with Crippen LogP contribution in [0, 0.1) is 22.7 Å². The molecular weight excluding hydrogens is 398 g/mol. The molecule has 4 rings (SSSR count). The van der Waals surface area contributed by atoms with Crippen LogP contribution in [0.3, 0.4) is 0 Å². The largest absolute Gasteiger partial charge is 0.370 e. The van der Waals surface area contributed by atoms with Crippen LogP contribution in [0.25, 0.3) is 17.0 Å². The monoisotopic (exact) mass is 423 g/mol. The number of amides is 1. The molecule has 6 heteroatoms. The van der Waals surface area contributed by atoms with Gasteiger partial charge in [0.05, 0.1) is 24.1 Å². The fourth-order valence-electron chi connectivity index (χ4n) is 4.17. The van der Waals surface area contributed by atoms with Crippen molar-refractivity contribution in [3.63, 3.8) is 0 Å². The van der Waals surface area contributed by atoms with E-state index in [0.29, 0.717) is 25.1 Å². The van der Waals surface area contributed by atoms with Crippen LogP contribution < -0.4 is 4.90 Å². The van der Waals surface area contributed by atoms with Crippen LogP contribution in [0.4, 0.5) is 5.69 Å². The predicted molar refractivity (Wildman–Crippen MR) is 126 cm³/mol. The smallest absolute Gasteiger partial charge is 0.246 e. The van der Waals surface area contributed by atoms with E-state index in [4.69, 9.17) is 10.5 Å². The maximum atomic E-state index is 12.9. The van der Waals surface area contributed by atoms with Crippen molar-refractivity contribution >= 4 is 28.6 Å². The number of para-hydroxylation sites is 1. The van der Waals surface area contributed by atoms with Gasteiger partial charge in [0.25, 0.3) is 0 Å². The molecule has 2 aromatic carbocycles. The predicted octanol–water partition coefficient (Wildman–Crippen LogP) is 4.18. The van der Waals surface area contributed by atoms with Gasteiger partial charge in [0.15, 0.2) is 0 Å². The number of fused-ring (bicyclic) bond motifs is 1. The zero-order valence-corrected chi connectivity index (χ0v) is 17.9. The van der Waals surface area contributed by atoms with Crippen LogP contribution in [0.15, 0.2) is 60.8 Å². The third-order valence-electron chi connectivity index (χ3n) is 5.86. The second-order valence-electron chi connectivity index (χ2n) is 7.86. The maximum Gasteiger partial charge on any atom is 0.246 e. The summed E-state index contributed by atoms with van der Waals surface area (Å²) < 4.78 is 2.07. The first-order valence-corrected chi connectivity index (χ1v) is 10.9. The average molecular weight is 424 g/mol. The van der Waals surface area contributed by atoms with Crippen molar-refractivity contribution in [3.05, 3.63) is 71.9 Å². The normalized spacial score (nSPS) is 14.3. The molecule has 1 saturated heterocycles. The summed E-state index contributed by atoms with van der Waals surface area (Å²) in [7, 11) is 0. The van der Waals surface area contributed by atoms with Gasteiger partial charge in [0.2, 0.25) is 5.91 Å². The second kappa shape index (κ2) is 9.85. The number of hydrogen-bond donors (Lipinski definition) is 0. The average Bonchev–Trinajstić information content (AvgIpc) is 3.00. The highest BCUT2D eigenvalue weighted by Crippen LogP contribution is 2.23. The van der Waals surface area contributed by atoms with Crippen LogP contribution in [-0.4, -0.2) is 41.6 Å². The van der Waals surface area contributed by atoms with Crippen molar-refractivity contribution < 1.29 is 4.79 Å². The van der Waals surface area contributed by atoms with Crippen LogP contribution in [0.2, 0.25) is 0 Å². The summed E-state index contributed by atoms with van der Waals surface area (Å²) in [4.78, 5) is 17.1. The first-order valence-electron chi connectivity index (χ1n) is 10.9. The molecule has 0 N–H and O–H groups in total. The lowest BCUT2D eigenvalue weighted by atomic mass is 10.1. The number of rotatable bonds is 5. The van der Waals surface area contributed by atoms with Gasteiger partial charge in [-0.25, -0.2) is 0 Å². The number of aryl methyl sites for hydroxylation is 1. The summed E-state index contributed by atoms with van der Waals surface area (Å²) in [6.07, 6.45) is 6.91. The fourth-order valence-corrected chi connectivity index (χ4v) is 4.17. The van der Waals surface area contributed by atoms with E-state index in [1.165, 1.54) is 0 Å². The quantitative estimate of drug-likeness (QED) is 0.577. The third kappa shape index (κ3) is 4.66. The Kier molecular flexibility index (Phi) is 6.53. The lowest BCUT2D eigenvalue weighted by Gasteiger charge is -2.23. The van der Waals surface area contributed by atoms with Gasteiger partial charge in [-0.3, -0.25) is 4.79 Å². The highest BCUT2D eigenvalue weighted by Gasteiger charge is 2.18. The van der Waals surface area contributed by atoms with Gasteiger partial charge in [-0.15, -0.1) is 0 Å². The second-order valence-corrected chi connectivity index (χ2v) is 7.86. The molecule has 160 valence electrons. The lowest BCUT2D eigenvalue weighted by molar-refractivity contribution is -0.125. The molecule has 6 nitrogen and oxygen atoms in total. The number of hydrogen-bond acceptors (Lipinski definition) is 4. The Hall–Kier alpha value is -4.03. The Morgan fingerprint density at radius 1 is 1.00 bits per heavy atom. The van der Waals surface area contributed by atoms with E-state index in [2.05, 4.69) is 21.6 Å². The molecule has 3 aromatic rings. The summed E-state index contributed by atoms with van der Waals surface area (Å²) in [5, 5.41) is 19.0. The van der Waals surface area contributed by atoms with Crippen molar-refractivity contribution in [2.75, 3.05) is 31.1 Å². The van der Waals surface area contributed by atoms with Gasteiger partial charge in [0, 0.05) is 67.2 Å². The minimum absolute atomic E-state index is 0.0144. The Morgan fingerprint density at radius 2 is 1.81 bits per heavy atom. The number of carbonyl (C=O) groups excluding carboxylic acids is 1. The van der Waals surface area contributed by atoms with Gasteiger partial charge < -0.3 is 14.4 Å². The number of anilines is 1. The van der Waals surface area contributed by atoms with Crippen molar-refractivity contribution in [2.45, 2.75) is 19.4 Å². The molecule has 0 radical (unpaired) electrons. The van der Waals surface area contributed by atoms with Gasteiger partial charge in [-0.2, -0.15) is 10.5 Å². The van der Waals surface area contributed by atoms with Crippen molar-refractivity contribution in [2.24, 2.45) is 0 Å². The Balaban J connectivity index is 1.44. The standard InChI is InChI=1S/C26H25N5O/c27-13-3-14-31-20-22(24-5-1-2-6-25(24)31)9-12-26(32)30-16-4-15-29(17-18-30)23-10-7-21(19-28)8-11-23/h1-2,5-12,20H,3-4,14-18H2/b12-9+. The SMILES string of the molecule is N#CCCn1cc(/C=C/C(=O)N2CCCN(c3ccc(C#N)cc3)CC2)c2ccccc21. The van der Waals surface area contributed by atoms with Gasteiger partial charge in [-0.1, -0.05) is 18.2 Å². The Bertz CT molecular complexity index is 1210. The molecule has 0 atom stereocenters. The molecule has 0 bridgehead atoms. The molecule has 0 unspecified atom stereocenters. The summed E-state index contributed by atoms with van der Waals surface area (Å²) in [5.41, 5.74) is 3.79. The molecule has 1 aromatic heterocycles. The number of benzene rings is 2. The molecular formula is C26H25N5O. The zero-order chi connectivity index (χ0) is 22.3. The number of carbonyl (C=O) groups is 1. The minimum atomic E-state index is 0.0144. The number of nitriles is 2. The van der Waals surface area contributed by atoms with Crippen molar-refractivity contribution in [3.8, 4) is 12.1 Å². The minimum Gasteiger partial charge on any atom is -0.370 e. The number of nitrogens with zero attached hydrogens (tertiary/aromatic N) is 5. The third-order valence-corrected chi connectivity index (χ3v) is 5.86. The summed E-state index contributed by atoms with van der Waals surface area (Å²) in [6.45, 7) is 3.66. The Morgan fingerprint density at radius 3 is 2.59 bits per heavy atom. The van der Waals surface area contributed by atoms with Crippen molar-refractivity contribution in [1.29, 1.82) is 10.5 Å². The number of aromatic nitrogens is 1. The zero-order valence-electron chi connectivity index (χ0n) is 17.9. The van der Waals surface area contributed by atoms with E-state index in [1.807, 2.05) is 65.7 Å². The van der Waals surface area contributed by atoms with E-state index in [9.17, 15) is 4.79 Å². The fraction of sp³-hybridized carbons (Fsp3) is 0.269. The van der Waals surface area contributed by atoms with E-state index < -0.39 is 0 Å². The topological polar surface area (TPSA) is 76.1 Å². The lowest BCUT2D eigenvalue weighted by Crippen LogP contribution is -2.34. The van der Waals surface area contributed by atoms with Crippen LogP contribution in [-0.2, 0) is 11.3 Å². The summed E-state index contributed by atoms with van der Waals surface area (Å²) in [5.74, 6) is 0.0144. The van der Waals surface area contributed by atoms with Crippen molar-refractivity contribution in [1.82, 2.24) is 9.47 Å². The van der Waals surface area contributed by atoms with E-state index in [1.54, 1.807) is 6.08 Å². The highest BCUT2D eigenvalue weighted by molar-refractivity contribution is 5.96. The molecule has 32 heavy (non-hydrogen) atoms. The van der Waals surface area contributed by atoms with Crippen LogP contribution in [0.1, 0.15) is 24.0 Å².